The van der Waals surface area contributed by atoms with Crippen molar-refractivity contribution < 1.29 is 19.1 Å². The molecule has 10 heteroatoms. The second-order valence-corrected chi connectivity index (χ2v) is 9.31. The first-order valence-electron chi connectivity index (χ1n) is 11.4. The molecular formula is C27H22Cl3N3O4. The molecule has 1 aliphatic rings. The lowest BCUT2D eigenvalue weighted by Gasteiger charge is -2.17. The molecule has 3 aromatic rings. The third kappa shape index (κ3) is 5.91. The number of nitrogens with zero attached hydrogens (tertiary/aromatic N) is 1. The zero-order chi connectivity index (χ0) is 26.5. The van der Waals surface area contributed by atoms with Crippen LogP contribution in [-0.4, -0.2) is 24.3 Å². The summed E-state index contributed by atoms with van der Waals surface area (Å²) >= 11 is 18.4. The summed E-state index contributed by atoms with van der Waals surface area (Å²) in [5.41, 5.74) is 1.42. The maximum absolute atomic E-state index is 13.0. The molecule has 3 amide bonds. The summed E-state index contributed by atoms with van der Waals surface area (Å²) in [5, 5.41) is 5.91. The fourth-order valence-corrected chi connectivity index (χ4v) is 4.13. The minimum atomic E-state index is -0.728. The summed E-state index contributed by atoms with van der Waals surface area (Å²) in [4.78, 5) is 39.4. The highest BCUT2D eigenvalue weighted by molar-refractivity contribution is 6.54. The average molecular weight is 559 g/mol. The van der Waals surface area contributed by atoms with Gasteiger partial charge in [0.1, 0.15) is 16.5 Å². The van der Waals surface area contributed by atoms with Crippen molar-refractivity contribution in [3.8, 4) is 5.75 Å². The number of hydrogen-bond donors (Lipinski definition) is 2. The van der Waals surface area contributed by atoms with Crippen LogP contribution in [0.25, 0.3) is 0 Å². The van der Waals surface area contributed by atoms with E-state index in [9.17, 15) is 14.4 Å². The fourth-order valence-electron chi connectivity index (χ4n) is 3.55. The molecule has 0 bridgehead atoms. The molecule has 2 N–H and O–H groups in total. The molecule has 0 saturated carbocycles. The van der Waals surface area contributed by atoms with Gasteiger partial charge in [-0.05, 0) is 61.0 Å². The van der Waals surface area contributed by atoms with Crippen LogP contribution in [0, 0.1) is 0 Å². The number of ether oxygens (including phenoxy) is 1. The Balaban J connectivity index is 1.46. The third-order valence-electron chi connectivity index (χ3n) is 5.48. The number of hydrogen-bond acceptors (Lipinski definition) is 5. The summed E-state index contributed by atoms with van der Waals surface area (Å²) in [6, 6.07) is 18.0. The van der Waals surface area contributed by atoms with E-state index >= 15 is 0 Å². The fraction of sp³-hybridized carbons (Fsp3) is 0.148. The molecule has 0 fully saturated rings. The predicted molar refractivity (Wildman–Crippen MR) is 147 cm³/mol. The highest BCUT2D eigenvalue weighted by Crippen LogP contribution is 2.36. The van der Waals surface area contributed by atoms with Gasteiger partial charge in [-0.25, -0.2) is 4.90 Å². The number of carbonyl (C=O) groups is 3. The minimum absolute atomic E-state index is 0.113. The Kier molecular flexibility index (Phi) is 8.38. The summed E-state index contributed by atoms with van der Waals surface area (Å²) in [5.74, 6) is -1.14. The van der Waals surface area contributed by atoms with Crippen LogP contribution in [0.3, 0.4) is 0 Å². The average Bonchev–Trinajstić information content (AvgIpc) is 3.10. The van der Waals surface area contributed by atoms with Gasteiger partial charge in [-0.1, -0.05) is 60.3 Å². The van der Waals surface area contributed by atoms with Gasteiger partial charge >= 0.3 is 0 Å². The van der Waals surface area contributed by atoms with Crippen LogP contribution in [-0.2, 0) is 9.59 Å². The third-order valence-corrected chi connectivity index (χ3v) is 6.39. The van der Waals surface area contributed by atoms with Gasteiger partial charge in [-0.2, -0.15) is 0 Å². The van der Waals surface area contributed by atoms with Gasteiger partial charge in [0.2, 0.25) is 0 Å². The van der Waals surface area contributed by atoms with Crippen molar-refractivity contribution in [2.75, 3.05) is 22.1 Å². The van der Waals surface area contributed by atoms with E-state index in [1.54, 1.807) is 42.5 Å². The molecule has 1 aliphatic heterocycles. The summed E-state index contributed by atoms with van der Waals surface area (Å²) in [7, 11) is 0. The smallest absolute Gasteiger partial charge is 0.283 e. The molecule has 4 rings (SSSR count). The Bertz CT molecular complexity index is 1390. The van der Waals surface area contributed by atoms with Crippen molar-refractivity contribution in [3.63, 3.8) is 0 Å². The number of rotatable bonds is 9. The number of carbonyl (C=O) groups excluding carboxylic acids is 3. The number of imide groups is 1. The number of unbranched alkanes of at least 4 members (excludes halogenated alkanes) is 1. The van der Waals surface area contributed by atoms with Crippen LogP contribution >= 0.6 is 34.8 Å². The van der Waals surface area contributed by atoms with E-state index in [4.69, 9.17) is 39.5 Å². The second-order valence-electron chi connectivity index (χ2n) is 8.09. The van der Waals surface area contributed by atoms with Crippen molar-refractivity contribution in [1.29, 1.82) is 0 Å². The highest BCUT2D eigenvalue weighted by Gasteiger charge is 2.40. The first-order chi connectivity index (χ1) is 17.8. The topological polar surface area (TPSA) is 87.7 Å². The quantitative estimate of drug-likeness (QED) is 0.221. The van der Waals surface area contributed by atoms with Gasteiger partial charge in [0.15, 0.2) is 0 Å². The number of para-hydroxylation sites is 2. The predicted octanol–water partition coefficient (Wildman–Crippen LogP) is 6.86. The molecule has 0 saturated heterocycles. The van der Waals surface area contributed by atoms with Crippen LogP contribution in [0.2, 0.25) is 10.0 Å². The molecule has 0 aliphatic carbocycles. The van der Waals surface area contributed by atoms with Crippen molar-refractivity contribution in [1.82, 2.24) is 0 Å². The van der Waals surface area contributed by atoms with E-state index in [1.807, 2.05) is 12.1 Å². The molecule has 1 heterocycles. The maximum Gasteiger partial charge on any atom is 0.283 e. The zero-order valence-electron chi connectivity index (χ0n) is 19.7. The number of benzene rings is 3. The van der Waals surface area contributed by atoms with E-state index in [-0.39, 0.29) is 27.3 Å². The summed E-state index contributed by atoms with van der Waals surface area (Å²) in [6.07, 6.45) is 1.92. The van der Waals surface area contributed by atoms with E-state index in [1.165, 1.54) is 12.1 Å². The van der Waals surface area contributed by atoms with E-state index < -0.39 is 11.8 Å². The number of amides is 3. The van der Waals surface area contributed by atoms with Crippen LogP contribution in [0.5, 0.6) is 5.75 Å². The van der Waals surface area contributed by atoms with E-state index in [0.29, 0.717) is 34.3 Å². The largest absolute Gasteiger partial charge is 0.491 e. The lowest BCUT2D eigenvalue weighted by Crippen LogP contribution is -2.32. The molecule has 0 aromatic heterocycles. The molecule has 0 spiro atoms. The molecule has 0 unspecified atom stereocenters. The van der Waals surface area contributed by atoms with Gasteiger partial charge in [0.25, 0.3) is 17.7 Å². The van der Waals surface area contributed by atoms with Gasteiger partial charge in [-0.15, -0.1) is 0 Å². The van der Waals surface area contributed by atoms with Crippen LogP contribution in [0.15, 0.2) is 77.5 Å². The summed E-state index contributed by atoms with van der Waals surface area (Å²) in [6.45, 7) is 2.63. The second kappa shape index (κ2) is 11.7. The lowest BCUT2D eigenvalue weighted by atomic mass is 10.1. The van der Waals surface area contributed by atoms with Gasteiger partial charge in [0, 0.05) is 16.3 Å². The maximum atomic E-state index is 13.0. The van der Waals surface area contributed by atoms with Crippen LogP contribution in [0.4, 0.5) is 17.1 Å². The Morgan fingerprint density at radius 3 is 2.41 bits per heavy atom. The van der Waals surface area contributed by atoms with Crippen molar-refractivity contribution in [3.05, 3.63) is 93.1 Å². The lowest BCUT2D eigenvalue weighted by molar-refractivity contribution is -0.120. The standard InChI is InChI=1S/C27H22Cl3N3O4/c1-2-3-14-37-22-7-5-4-6-20(22)32-25(34)16-8-11-18(12-9-16)31-24-23(30)26(35)33(27(24)36)21-15-17(28)10-13-19(21)29/h4-13,15,31H,2-3,14H2,1H3,(H,32,34). The normalized spacial score (nSPS) is 13.2. The SMILES string of the molecule is CCCCOc1ccccc1NC(=O)c1ccc(NC2=C(Cl)C(=O)N(c3cc(Cl)ccc3Cl)C2=O)cc1. The van der Waals surface area contributed by atoms with Crippen molar-refractivity contribution >= 4 is 69.6 Å². The summed E-state index contributed by atoms with van der Waals surface area (Å²) < 4.78 is 5.77. The first-order valence-corrected chi connectivity index (χ1v) is 12.6. The Morgan fingerprint density at radius 2 is 1.68 bits per heavy atom. The highest BCUT2D eigenvalue weighted by atomic mass is 35.5. The number of halogens is 3. The van der Waals surface area contributed by atoms with Gasteiger partial charge in [-0.3, -0.25) is 14.4 Å². The number of anilines is 3. The molecule has 37 heavy (non-hydrogen) atoms. The molecule has 0 atom stereocenters. The van der Waals surface area contributed by atoms with Crippen LogP contribution in [0.1, 0.15) is 30.1 Å². The Morgan fingerprint density at radius 1 is 0.946 bits per heavy atom. The zero-order valence-corrected chi connectivity index (χ0v) is 22.0. The number of nitrogens with one attached hydrogen (secondary N) is 2. The minimum Gasteiger partial charge on any atom is -0.491 e. The molecule has 0 radical (unpaired) electrons. The van der Waals surface area contributed by atoms with Crippen molar-refractivity contribution in [2.45, 2.75) is 19.8 Å². The van der Waals surface area contributed by atoms with Gasteiger partial charge < -0.3 is 15.4 Å². The Labute approximate surface area is 229 Å². The molecule has 7 nitrogen and oxygen atoms in total. The van der Waals surface area contributed by atoms with E-state index in [2.05, 4.69) is 17.6 Å². The van der Waals surface area contributed by atoms with Gasteiger partial charge in [0.05, 0.1) is 23.0 Å². The van der Waals surface area contributed by atoms with E-state index in [0.717, 1.165) is 17.7 Å². The molecule has 3 aromatic carbocycles. The van der Waals surface area contributed by atoms with Crippen molar-refractivity contribution in [2.24, 2.45) is 0 Å². The molecule has 190 valence electrons. The Hall–Kier alpha value is -3.52. The molecular weight excluding hydrogens is 537 g/mol. The van der Waals surface area contributed by atoms with Crippen LogP contribution < -0.4 is 20.3 Å². The first kappa shape index (κ1) is 26.5. The monoisotopic (exact) mass is 557 g/mol.